The molecule has 1 aliphatic rings. The van der Waals surface area contributed by atoms with Gasteiger partial charge in [-0.25, -0.2) is 0 Å². The predicted octanol–water partition coefficient (Wildman–Crippen LogP) is -0.982. The van der Waals surface area contributed by atoms with Crippen molar-refractivity contribution in [3.05, 3.63) is 0 Å². The van der Waals surface area contributed by atoms with E-state index >= 15 is 0 Å². The molecule has 0 aromatic heterocycles. The van der Waals surface area contributed by atoms with Gasteiger partial charge in [-0.2, -0.15) is 0 Å². The van der Waals surface area contributed by atoms with Crippen LogP contribution in [0.2, 0.25) is 0 Å². The molecule has 0 spiro atoms. The first kappa shape index (κ1) is 8.93. The largest absolute Gasteiger partial charge is 0.372 e. The average molecular weight is 161 g/mol. The Hall–Kier alpha value is -0.160. The second kappa shape index (κ2) is 4.01. The Bertz CT molecular complexity index is 110. The monoisotopic (exact) mass is 161 g/mol. The molecule has 1 fully saturated rings. The molecule has 1 aliphatic heterocycles. The van der Waals surface area contributed by atoms with E-state index in [0.29, 0.717) is 12.6 Å². The lowest BCUT2D eigenvalue weighted by molar-refractivity contribution is -0.0611. The molecule has 1 rings (SSSR count). The summed E-state index contributed by atoms with van der Waals surface area (Å²) in [4.78, 5) is 1.96. The Labute approximate surface area is 66.4 Å². The van der Waals surface area contributed by atoms with Crippen molar-refractivity contribution in [1.29, 1.82) is 0 Å². The maximum absolute atomic E-state index is 8.66. The number of hydrogen-bond donors (Lipinski definition) is 2. The smallest absolute Gasteiger partial charge is 0.164 e. The van der Waals surface area contributed by atoms with Crippen molar-refractivity contribution in [2.45, 2.75) is 19.3 Å². The summed E-state index contributed by atoms with van der Waals surface area (Å²) in [7, 11) is 0. The van der Waals surface area contributed by atoms with Gasteiger partial charge in [0, 0.05) is 13.1 Å². The zero-order chi connectivity index (χ0) is 8.27. The second-order valence-electron chi connectivity index (χ2n) is 2.79. The third-order valence-electron chi connectivity index (χ3n) is 1.73. The van der Waals surface area contributed by atoms with Gasteiger partial charge in [0.1, 0.15) is 0 Å². The molecule has 0 saturated carbocycles. The summed E-state index contributed by atoms with van der Waals surface area (Å²) < 4.78 is 5.02. The van der Waals surface area contributed by atoms with Crippen molar-refractivity contribution < 1.29 is 14.9 Å². The molecule has 0 radical (unpaired) electrons. The first-order valence-corrected chi connectivity index (χ1v) is 3.92. The van der Waals surface area contributed by atoms with Crippen molar-refractivity contribution in [2.75, 3.05) is 26.2 Å². The van der Waals surface area contributed by atoms with Gasteiger partial charge in [-0.3, -0.25) is 4.90 Å². The van der Waals surface area contributed by atoms with Crippen LogP contribution in [0.1, 0.15) is 6.92 Å². The molecular weight excluding hydrogens is 146 g/mol. The van der Waals surface area contributed by atoms with Gasteiger partial charge in [0.2, 0.25) is 0 Å². The van der Waals surface area contributed by atoms with Crippen LogP contribution in [0.4, 0.5) is 0 Å². The Morgan fingerprint density at radius 2 is 2.27 bits per heavy atom. The maximum atomic E-state index is 8.66. The van der Waals surface area contributed by atoms with Gasteiger partial charge in [0.15, 0.2) is 6.29 Å². The summed E-state index contributed by atoms with van der Waals surface area (Å²) in [5.74, 6) is 0. The molecule has 4 heteroatoms. The van der Waals surface area contributed by atoms with Crippen LogP contribution in [0.25, 0.3) is 0 Å². The number of aliphatic hydroxyl groups is 2. The fraction of sp³-hybridized carbons (Fsp3) is 1.00. The molecule has 0 aliphatic carbocycles. The first-order valence-electron chi connectivity index (χ1n) is 3.92. The normalized spacial score (nSPS) is 23.2. The average Bonchev–Trinajstić information content (AvgIpc) is 2.69. The topological polar surface area (TPSA) is 56.2 Å². The summed E-state index contributed by atoms with van der Waals surface area (Å²) in [6.45, 7) is 4.77. The van der Waals surface area contributed by atoms with E-state index in [-0.39, 0.29) is 0 Å². The molecule has 0 aromatic rings. The quantitative estimate of drug-likeness (QED) is 0.402. The highest BCUT2D eigenvalue weighted by molar-refractivity contribution is 4.73. The molecule has 0 amide bonds. The van der Waals surface area contributed by atoms with Gasteiger partial charge in [-0.05, 0) is 6.54 Å². The van der Waals surface area contributed by atoms with Gasteiger partial charge >= 0.3 is 0 Å². The van der Waals surface area contributed by atoms with Crippen molar-refractivity contribution in [2.24, 2.45) is 0 Å². The molecule has 1 unspecified atom stereocenters. The molecule has 1 saturated heterocycles. The third-order valence-corrected chi connectivity index (χ3v) is 1.73. The molecule has 4 nitrogen and oxygen atoms in total. The van der Waals surface area contributed by atoms with E-state index in [1.807, 2.05) is 11.8 Å². The molecule has 1 atom stereocenters. The zero-order valence-corrected chi connectivity index (χ0v) is 6.73. The summed E-state index contributed by atoms with van der Waals surface area (Å²) in [6, 6.07) is 0. The minimum Gasteiger partial charge on any atom is -0.372 e. The summed E-state index contributed by atoms with van der Waals surface area (Å²) in [5.41, 5.74) is 0. The Balaban J connectivity index is 2.12. The van der Waals surface area contributed by atoms with E-state index in [1.165, 1.54) is 0 Å². The van der Waals surface area contributed by atoms with E-state index in [4.69, 9.17) is 14.9 Å². The van der Waals surface area contributed by atoms with Crippen LogP contribution >= 0.6 is 0 Å². The van der Waals surface area contributed by atoms with Gasteiger partial charge in [-0.15, -0.1) is 0 Å². The first-order chi connectivity index (χ1) is 5.22. The lowest BCUT2D eigenvalue weighted by atomic mass is 10.4. The van der Waals surface area contributed by atoms with Crippen LogP contribution < -0.4 is 0 Å². The predicted molar refractivity (Wildman–Crippen MR) is 40.1 cm³/mol. The summed E-state index contributed by atoms with van der Waals surface area (Å²) >= 11 is 0. The van der Waals surface area contributed by atoms with Gasteiger partial charge < -0.3 is 14.9 Å². The third kappa shape index (κ3) is 3.67. The van der Waals surface area contributed by atoms with Gasteiger partial charge in [-0.1, -0.05) is 6.92 Å². The second-order valence-corrected chi connectivity index (χ2v) is 2.79. The fourth-order valence-corrected chi connectivity index (χ4v) is 1.03. The van der Waals surface area contributed by atoms with Crippen LogP contribution in [0.15, 0.2) is 0 Å². The molecule has 1 heterocycles. The number of aliphatic hydroxyl groups excluding tert-OH is 1. The van der Waals surface area contributed by atoms with Crippen molar-refractivity contribution in [3.8, 4) is 0 Å². The lowest BCUT2D eigenvalue weighted by Crippen LogP contribution is -2.34. The fourth-order valence-electron chi connectivity index (χ4n) is 1.03. The van der Waals surface area contributed by atoms with E-state index < -0.39 is 6.29 Å². The Morgan fingerprint density at radius 1 is 1.64 bits per heavy atom. The SMILES string of the molecule is CCN(CC(O)O)CC1CO1. The van der Waals surface area contributed by atoms with Gasteiger partial charge in [0.25, 0.3) is 0 Å². The highest BCUT2D eigenvalue weighted by Crippen LogP contribution is 2.10. The van der Waals surface area contributed by atoms with Crippen molar-refractivity contribution in [1.82, 2.24) is 4.90 Å². The lowest BCUT2D eigenvalue weighted by Gasteiger charge is -2.19. The minimum atomic E-state index is -1.23. The Kier molecular flexibility index (Phi) is 3.26. The highest BCUT2D eigenvalue weighted by Gasteiger charge is 2.25. The summed E-state index contributed by atoms with van der Waals surface area (Å²) in [5, 5.41) is 17.3. The van der Waals surface area contributed by atoms with Crippen LogP contribution in [0.5, 0.6) is 0 Å². The number of likely N-dealkylation sites (N-methyl/N-ethyl adjacent to an activating group) is 1. The van der Waals surface area contributed by atoms with E-state index in [1.54, 1.807) is 0 Å². The number of rotatable bonds is 5. The highest BCUT2D eigenvalue weighted by atomic mass is 16.6. The minimum absolute atomic E-state index is 0.316. The van der Waals surface area contributed by atoms with E-state index in [0.717, 1.165) is 19.7 Å². The Morgan fingerprint density at radius 3 is 2.64 bits per heavy atom. The molecule has 11 heavy (non-hydrogen) atoms. The number of ether oxygens (including phenoxy) is 1. The van der Waals surface area contributed by atoms with E-state index in [2.05, 4.69) is 0 Å². The maximum Gasteiger partial charge on any atom is 0.164 e. The van der Waals surface area contributed by atoms with Crippen LogP contribution in [0.3, 0.4) is 0 Å². The molecule has 2 N–H and O–H groups in total. The standard InChI is InChI=1S/C7H15NO3/c1-2-8(4-7(9)10)3-6-5-11-6/h6-7,9-10H,2-5H2,1H3. The van der Waals surface area contributed by atoms with Crippen LogP contribution in [-0.2, 0) is 4.74 Å². The van der Waals surface area contributed by atoms with Crippen LogP contribution in [0, 0.1) is 0 Å². The van der Waals surface area contributed by atoms with Gasteiger partial charge in [0.05, 0.1) is 12.7 Å². The number of nitrogens with zero attached hydrogens (tertiary/aromatic N) is 1. The molecule has 66 valence electrons. The molecule has 0 bridgehead atoms. The zero-order valence-electron chi connectivity index (χ0n) is 6.73. The molecule has 0 aromatic carbocycles. The van der Waals surface area contributed by atoms with E-state index in [9.17, 15) is 0 Å². The van der Waals surface area contributed by atoms with Crippen molar-refractivity contribution in [3.63, 3.8) is 0 Å². The van der Waals surface area contributed by atoms with Crippen molar-refractivity contribution >= 4 is 0 Å². The molecular formula is C7H15NO3. The number of epoxide rings is 1. The van der Waals surface area contributed by atoms with Crippen LogP contribution in [-0.4, -0.2) is 53.7 Å². The number of hydrogen-bond acceptors (Lipinski definition) is 4. The summed E-state index contributed by atoms with van der Waals surface area (Å²) in [6.07, 6.45) is -0.901.